The van der Waals surface area contributed by atoms with Gasteiger partial charge in [0.1, 0.15) is 23.9 Å². The van der Waals surface area contributed by atoms with Gasteiger partial charge in [-0.15, -0.1) is 10.2 Å². The van der Waals surface area contributed by atoms with Crippen LogP contribution in [-0.4, -0.2) is 53.6 Å². The van der Waals surface area contributed by atoms with Crippen molar-refractivity contribution in [2.45, 2.75) is 39.1 Å². The number of ether oxygens (including phenoxy) is 3. The van der Waals surface area contributed by atoms with E-state index in [2.05, 4.69) is 38.7 Å². The summed E-state index contributed by atoms with van der Waals surface area (Å²) < 4.78 is 18.2. The number of rotatable bonds is 6. The average Bonchev–Trinajstić information content (AvgIpc) is 2.92. The average molecular weight is 346 g/mol. The van der Waals surface area contributed by atoms with Crippen LogP contribution in [0.25, 0.3) is 0 Å². The van der Waals surface area contributed by atoms with Crippen LogP contribution < -0.4 is 9.47 Å². The SMILES string of the molecule is COCc1nnc2n1CCN(Cc1cc(OC)cc(OC)c1)[C@@H](C)C2. The van der Waals surface area contributed by atoms with Crippen LogP contribution in [-0.2, 0) is 30.9 Å². The van der Waals surface area contributed by atoms with Crippen molar-refractivity contribution >= 4 is 0 Å². The number of aromatic nitrogens is 3. The van der Waals surface area contributed by atoms with Gasteiger partial charge in [-0.3, -0.25) is 4.90 Å². The van der Waals surface area contributed by atoms with Gasteiger partial charge in [0.15, 0.2) is 5.82 Å². The van der Waals surface area contributed by atoms with Crippen LogP contribution in [0, 0.1) is 0 Å². The number of fused-ring (bicyclic) bond motifs is 1. The van der Waals surface area contributed by atoms with Crippen LogP contribution in [0.1, 0.15) is 24.1 Å². The van der Waals surface area contributed by atoms with Gasteiger partial charge in [0.25, 0.3) is 0 Å². The molecule has 0 saturated heterocycles. The molecule has 0 unspecified atom stereocenters. The molecule has 0 fully saturated rings. The standard InChI is InChI=1S/C18H26N4O3/c1-13-7-17-19-20-18(12-23-2)22(17)6-5-21(13)11-14-8-15(24-3)10-16(9-14)25-4/h8-10,13H,5-7,11-12H2,1-4H3/t13-/m0/s1. The Kier molecular flexibility index (Phi) is 5.55. The highest BCUT2D eigenvalue weighted by Crippen LogP contribution is 2.25. The fraction of sp³-hybridized carbons (Fsp3) is 0.556. The second-order valence-corrected chi connectivity index (χ2v) is 6.36. The van der Waals surface area contributed by atoms with E-state index in [1.807, 2.05) is 6.07 Å². The topological polar surface area (TPSA) is 61.6 Å². The first-order valence-corrected chi connectivity index (χ1v) is 8.50. The molecule has 2 heterocycles. The number of methoxy groups -OCH3 is 3. The van der Waals surface area contributed by atoms with Crippen molar-refractivity contribution in [2.24, 2.45) is 0 Å². The van der Waals surface area contributed by atoms with E-state index < -0.39 is 0 Å². The zero-order valence-electron chi connectivity index (χ0n) is 15.4. The monoisotopic (exact) mass is 346 g/mol. The molecule has 1 aromatic heterocycles. The molecule has 2 aromatic rings. The first-order chi connectivity index (χ1) is 12.1. The molecule has 0 amide bonds. The molecular formula is C18H26N4O3. The third-order valence-electron chi connectivity index (χ3n) is 4.69. The van der Waals surface area contributed by atoms with Gasteiger partial charge in [-0.1, -0.05) is 0 Å². The van der Waals surface area contributed by atoms with Crippen molar-refractivity contribution in [1.82, 2.24) is 19.7 Å². The van der Waals surface area contributed by atoms with E-state index in [9.17, 15) is 0 Å². The Balaban J connectivity index is 1.76. The van der Waals surface area contributed by atoms with Crippen molar-refractivity contribution in [2.75, 3.05) is 27.9 Å². The zero-order chi connectivity index (χ0) is 17.8. The molecule has 0 radical (unpaired) electrons. The minimum absolute atomic E-state index is 0.373. The number of hydrogen-bond donors (Lipinski definition) is 0. The summed E-state index contributed by atoms with van der Waals surface area (Å²) in [4.78, 5) is 2.46. The molecule has 0 saturated carbocycles. The van der Waals surface area contributed by atoms with Crippen LogP contribution in [0.5, 0.6) is 11.5 Å². The lowest BCUT2D eigenvalue weighted by Crippen LogP contribution is -2.34. The van der Waals surface area contributed by atoms with Gasteiger partial charge in [-0.2, -0.15) is 0 Å². The normalized spacial score (nSPS) is 17.8. The van der Waals surface area contributed by atoms with E-state index in [0.717, 1.165) is 49.2 Å². The van der Waals surface area contributed by atoms with E-state index in [4.69, 9.17) is 14.2 Å². The maximum absolute atomic E-state index is 5.38. The van der Waals surface area contributed by atoms with Crippen LogP contribution in [0.15, 0.2) is 18.2 Å². The summed E-state index contributed by atoms with van der Waals surface area (Å²) in [7, 11) is 5.04. The van der Waals surface area contributed by atoms with Crippen molar-refractivity contribution in [3.05, 3.63) is 35.4 Å². The molecule has 0 spiro atoms. The Hall–Kier alpha value is -2.12. The lowest BCUT2D eigenvalue weighted by Gasteiger charge is -2.26. The summed E-state index contributed by atoms with van der Waals surface area (Å²) in [5, 5.41) is 8.60. The lowest BCUT2D eigenvalue weighted by molar-refractivity contribution is 0.171. The quantitative estimate of drug-likeness (QED) is 0.796. The van der Waals surface area contributed by atoms with E-state index in [0.29, 0.717) is 12.6 Å². The minimum atomic E-state index is 0.373. The molecule has 1 aromatic carbocycles. The van der Waals surface area contributed by atoms with Crippen LogP contribution in [0.4, 0.5) is 0 Å². The van der Waals surface area contributed by atoms with Crippen LogP contribution in [0.2, 0.25) is 0 Å². The van der Waals surface area contributed by atoms with Gasteiger partial charge in [0.05, 0.1) is 14.2 Å². The lowest BCUT2D eigenvalue weighted by atomic mass is 10.1. The molecular weight excluding hydrogens is 320 g/mol. The molecule has 0 aliphatic carbocycles. The van der Waals surface area contributed by atoms with Gasteiger partial charge in [0, 0.05) is 45.3 Å². The molecule has 1 aliphatic heterocycles. The van der Waals surface area contributed by atoms with Crippen molar-refractivity contribution in [1.29, 1.82) is 0 Å². The second-order valence-electron chi connectivity index (χ2n) is 6.36. The Morgan fingerprint density at radius 2 is 1.76 bits per heavy atom. The van der Waals surface area contributed by atoms with Gasteiger partial charge in [0.2, 0.25) is 0 Å². The molecule has 7 nitrogen and oxygen atoms in total. The summed E-state index contributed by atoms with van der Waals surface area (Å²) in [5.74, 6) is 3.56. The van der Waals surface area contributed by atoms with Gasteiger partial charge in [-0.25, -0.2) is 0 Å². The highest BCUT2D eigenvalue weighted by molar-refractivity contribution is 5.38. The smallest absolute Gasteiger partial charge is 0.159 e. The Morgan fingerprint density at radius 1 is 1.04 bits per heavy atom. The number of nitrogens with zero attached hydrogens (tertiary/aromatic N) is 4. The third-order valence-corrected chi connectivity index (χ3v) is 4.69. The van der Waals surface area contributed by atoms with Crippen LogP contribution >= 0.6 is 0 Å². The molecule has 3 rings (SSSR count). The maximum atomic E-state index is 5.38. The summed E-state index contributed by atoms with van der Waals surface area (Å²) in [6.07, 6.45) is 0.873. The first kappa shape index (κ1) is 17.7. The largest absolute Gasteiger partial charge is 0.497 e. The van der Waals surface area contributed by atoms with E-state index in [1.54, 1.807) is 21.3 Å². The molecule has 1 aliphatic rings. The Morgan fingerprint density at radius 3 is 2.40 bits per heavy atom. The molecule has 0 bridgehead atoms. The minimum Gasteiger partial charge on any atom is -0.497 e. The molecule has 136 valence electrons. The molecule has 7 heteroatoms. The predicted octanol–water partition coefficient (Wildman–Crippen LogP) is 1.89. The Bertz CT molecular complexity index is 694. The maximum Gasteiger partial charge on any atom is 0.159 e. The highest BCUT2D eigenvalue weighted by Gasteiger charge is 2.24. The third kappa shape index (κ3) is 3.93. The fourth-order valence-corrected chi connectivity index (χ4v) is 3.29. The summed E-state index contributed by atoms with van der Waals surface area (Å²) in [6.45, 7) is 5.37. The van der Waals surface area contributed by atoms with Crippen LogP contribution in [0.3, 0.4) is 0 Å². The van der Waals surface area contributed by atoms with Crippen molar-refractivity contribution in [3.8, 4) is 11.5 Å². The van der Waals surface area contributed by atoms with Crippen molar-refractivity contribution in [3.63, 3.8) is 0 Å². The summed E-state index contributed by atoms with van der Waals surface area (Å²) in [6, 6.07) is 6.40. The summed E-state index contributed by atoms with van der Waals surface area (Å²) in [5.41, 5.74) is 1.18. The van der Waals surface area contributed by atoms with E-state index in [-0.39, 0.29) is 0 Å². The predicted molar refractivity (Wildman–Crippen MR) is 93.9 cm³/mol. The second kappa shape index (κ2) is 7.84. The van der Waals surface area contributed by atoms with E-state index >= 15 is 0 Å². The van der Waals surface area contributed by atoms with Gasteiger partial charge >= 0.3 is 0 Å². The zero-order valence-corrected chi connectivity index (χ0v) is 15.4. The van der Waals surface area contributed by atoms with Gasteiger partial charge < -0.3 is 18.8 Å². The first-order valence-electron chi connectivity index (χ1n) is 8.50. The highest BCUT2D eigenvalue weighted by atomic mass is 16.5. The fourth-order valence-electron chi connectivity index (χ4n) is 3.29. The van der Waals surface area contributed by atoms with Crippen molar-refractivity contribution < 1.29 is 14.2 Å². The number of hydrogen-bond acceptors (Lipinski definition) is 6. The van der Waals surface area contributed by atoms with E-state index in [1.165, 1.54) is 5.56 Å². The summed E-state index contributed by atoms with van der Waals surface area (Å²) >= 11 is 0. The molecule has 25 heavy (non-hydrogen) atoms. The Labute approximate surface area is 148 Å². The number of benzene rings is 1. The van der Waals surface area contributed by atoms with Gasteiger partial charge in [-0.05, 0) is 24.6 Å². The molecule has 0 N–H and O–H groups in total. The molecule has 1 atom stereocenters.